The van der Waals surface area contributed by atoms with Crippen LogP contribution in [0.2, 0.25) is 0 Å². The van der Waals surface area contributed by atoms with Crippen LogP contribution in [-0.2, 0) is 11.0 Å². The third-order valence-corrected chi connectivity index (χ3v) is 3.84. The first-order valence-corrected chi connectivity index (χ1v) is 7.21. The van der Waals surface area contributed by atoms with Gasteiger partial charge >= 0.3 is 0 Å². The van der Waals surface area contributed by atoms with Crippen molar-refractivity contribution < 1.29 is 4.21 Å². The van der Waals surface area contributed by atoms with Crippen LogP contribution in [0.3, 0.4) is 0 Å². The first-order valence-electron chi connectivity index (χ1n) is 4.78. The Morgan fingerprint density at radius 2 is 2.00 bits per heavy atom. The van der Waals surface area contributed by atoms with E-state index >= 15 is 0 Å². The topological polar surface area (TPSA) is 92.9 Å². The van der Waals surface area contributed by atoms with Crippen molar-refractivity contribution >= 4 is 50.5 Å². The summed E-state index contributed by atoms with van der Waals surface area (Å²) in [5, 5.41) is 19.3. The lowest BCUT2D eigenvalue weighted by Crippen LogP contribution is -2.18. The Hall–Kier alpha value is -1.42. The summed E-state index contributed by atoms with van der Waals surface area (Å²) in [4.78, 5) is 0. The highest BCUT2D eigenvalue weighted by molar-refractivity contribution is 7.85. The van der Waals surface area contributed by atoms with Crippen molar-refractivity contribution in [3.05, 3.63) is 30.3 Å². The molecule has 2 rings (SSSR count). The summed E-state index contributed by atoms with van der Waals surface area (Å²) < 4.78 is 11.2. The van der Waals surface area contributed by atoms with Gasteiger partial charge < -0.3 is 10.6 Å². The van der Waals surface area contributed by atoms with Crippen LogP contribution in [-0.4, -0.2) is 19.5 Å². The van der Waals surface area contributed by atoms with Crippen LogP contribution in [0.15, 0.2) is 34.7 Å². The number of rotatable bonds is 3. The van der Waals surface area contributed by atoms with E-state index in [0.29, 0.717) is 10.2 Å². The molecule has 1 heterocycles. The molecule has 18 heavy (non-hydrogen) atoms. The van der Waals surface area contributed by atoms with Crippen LogP contribution >= 0.6 is 23.6 Å². The average Bonchev–Trinajstić information content (AvgIpc) is 2.78. The smallest absolute Gasteiger partial charge is 0.221 e. The molecule has 6 nitrogen and oxygen atoms in total. The summed E-state index contributed by atoms with van der Waals surface area (Å²) in [7, 11) is -1.62. The van der Waals surface area contributed by atoms with Gasteiger partial charge in [-0.15, -0.1) is 10.2 Å². The highest BCUT2D eigenvalue weighted by atomic mass is 32.2. The summed E-state index contributed by atoms with van der Waals surface area (Å²) in [6.07, 6.45) is 0. The predicted molar refractivity (Wildman–Crippen MR) is 76.8 cm³/mol. The van der Waals surface area contributed by atoms with Crippen molar-refractivity contribution in [1.29, 1.82) is 0 Å². The Labute approximate surface area is 115 Å². The first kappa shape index (κ1) is 13.0. The number of aromatic nitrogens is 2. The van der Waals surface area contributed by atoms with Crippen molar-refractivity contribution in [1.82, 2.24) is 10.2 Å². The van der Waals surface area contributed by atoms with E-state index in [-0.39, 0.29) is 4.34 Å². The fraction of sp³-hybridized carbons (Fsp3) is 0. The van der Waals surface area contributed by atoms with Crippen LogP contribution < -0.4 is 15.8 Å². The molecule has 1 aromatic carbocycles. The molecule has 0 aliphatic rings. The number of anilines is 2. The molecule has 1 aromatic heterocycles. The largest absolute Gasteiger partial charge is 0.332 e. The highest BCUT2D eigenvalue weighted by Gasteiger charge is 2.08. The number of thiocarbonyl (C=S) groups is 1. The number of benzene rings is 1. The fourth-order valence-electron chi connectivity index (χ4n) is 1.12. The third-order valence-electron chi connectivity index (χ3n) is 1.83. The molecule has 0 aliphatic heterocycles. The zero-order valence-electron chi connectivity index (χ0n) is 8.99. The fourth-order valence-corrected chi connectivity index (χ4v) is 2.57. The standard InChI is InChI=1S/C9H9N5OS3/c10-18(15)9-14-13-8(17-9)12-7(16)11-6-4-2-1-3-5-6/h1-5H,10H2,(H2,11,12,13,16). The second-order valence-electron chi connectivity index (χ2n) is 3.12. The molecule has 2 aromatic rings. The Kier molecular flexibility index (Phi) is 4.31. The van der Waals surface area contributed by atoms with E-state index in [9.17, 15) is 4.21 Å². The summed E-state index contributed by atoms with van der Waals surface area (Å²) >= 11 is 6.20. The number of para-hydroxylation sites is 1. The van der Waals surface area contributed by atoms with E-state index in [2.05, 4.69) is 20.8 Å². The molecule has 0 radical (unpaired) electrons. The molecule has 94 valence electrons. The number of hydrogen-bond donors (Lipinski definition) is 3. The maximum atomic E-state index is 11.0. The minimum atomic E-state index is -1.62. The average molecular weight is 299 g/mol. The van der Waals surface area contributed by atoms with Crippen molar-refractivity contribution in [2.75, 3.05) is 10.6 Å². The molecule has 0 saturated carbocycles. The second kappa shape index (κ2) is 5.96. The summed E-state index contributed by atoms with van der Waals surface area (Å²) in [6.45, 7) is 0. The molecule has 0 spiro atoms. The lowest BCUT2D eigenvalue weighted by atomic mass is 10.3. The SMILES string of the molecule is NS(=O)c1nnc(NC(=S)Nc2ccccc2)s1. The number of hydrogen-bond acceptors (Lipinski definition) is 5. The molecule has 0 amide bonds. The quantitative estimate of drug-likeness (QED) is 0.740. The van der Waals surface area contributed by atoms with Gasteiger partial charge in [-0.3, -0.25) is 0 Å². The summed E-state index contributed by atoms with van der Waals surface area (Å²) in [6, 6.07) is 9.47. The van der Waals surface area contributed by atoms with Gasteiger partial charge in [0, 0.05) is 5.69 Å². The van der Waals surface area contributed by atoms with Gasteiger partial charge in [0.15, 0.2) is 16.1 Å². The van der Waals surface area contributed by atoms with Gasteiger partial charge in [0.05, 0.1) is 0 Å². The summed E-state index contributed by atoms with van der Waals surface area (Å²) in [5.74, 6) is 0. The third kappa shape index (κ3) is 3.53. The van der Waals surface area contributed by atoms with Gasteiger partial charge in [-0.1, -0.05) is 29.5 Å². The van der Waals surface area contributed by atoms with E-state index in [1.807, 2.05) is 30.3 Å². The van der Waals surface area contributed by atoms with Gasteiger partial charge in [0.2, 0.25) is 9.47 Å². The summed E-state index contributed by atoms with van der Waals surface area (Å²) in [5.41, 5.74) is 0.863. The van der Waals surface area contributed by atoms with E-state index in [1.165, 1.54) is 0 Å². The first-order chi connectivity index (χ1) is 8.65. The molecule has 1 unspecified atom stereocenters. The molecule has 0 fully saturated rings. The number of nitrogens with two attached hydrogens (primary N) is 1. The lowest BCUT2D eigenvalue weighted by Gasteiger charge is -2.07. The molecule has 4 N–H and O–H groups in total. The molecular formula is C9H9N5OS3. The minimum Gasteiger partial charge on any atom is -0.332 e. The van der Waals surface area contributed by atoms with Crippen molar-refractivity contribution in [2.45, 2.75) is 4.34 Å². The molecule has 9 heteroatoms. The van der Waals surface area contributed by atoms with Gasteiger partial charge in [0.25, 0.3) is 0 Å². The molecule has 0 saturated heterocycles. The van der Waals surface area contributed by atoms with Crippen LogP contribution in [0.4, 0.5) is 10.8 Å². The Morgan fingerprint density at radius 1 is 1.28 bits per heavy atom. The molecule has 1 atom stereocenters. The van der Waals surface area contributed by atoms with Crippen LogP contribution in [0.1, 0.15) is 0 Å². The van der Waals surface area contributed by atoms with E-state index in [1.54, 1.807) is 0 Å². The van der Waals surface area contributed by atoms with Gasteiger partial charge in [0.1, 0.15) is 0 Å². The Bertz CT molecular complexity index is 571. The monoisotopic (exact) mass is 299 g/mol. The van der Waals surface area contributed by atoms with Crippen LogP contribution in [0, 0.1) is 0 Å². The zero-order chi connectivity index (χ0) is 13.0. The zero-order valence-corrected chi connectivity index (χ0v) is 11.4. The van der Waals surface area contributed by atoms with E-state index in [0.717, 1.165) is 17.0 Å². The van der Waals surface area contributed by atoms with Crippen LogP contribution in [0.25, 0.3) is 0 Å². The predicted octanol–water partition coefficient (Wildman–Crippen LogP) is 1.33. The Balaban J connectivity index is 1.97. The maximum Gasteiger partial charge on any atom is 0.221 e. The normalized spacial score (nSPS) is 11.8. The highest BCUT2D eigenvalue weighted by Crippen LogP contribution is 2.17. The molecular weight excluding hydrogens is 290 g/mol. The minimum absolute atomic E-state index is 0.250. The maximum absolute atomic E-state index is 11.0. The van der Waals surface area contributed by atoms with Crippen molar-refractivity contribution in [2.24, 2.45) is 5.14 Å². The van der Waals surface area contributed by atoms with E-state index in [4.69, 9.17) is 17.4 Å². The van der Waals surface area contributed by atoms with Gasteiger partial charge in [-0.05, 0) is 24.4 Å². The second-order valence-corrected chi connectivity index (χ2v) is 5.74. The molecule has 0 bridgehead atoms. The molecule has 0 aliphatic carbocycles. The Morgan fingerprint density at radius 3 is 2.61 bits per heavy atom. The van der Waals surface area contributed by atoms with Crippen molar-refractivity contribution in [3.8, 4) is 0 Å². The van der Waals surface area contributed by atoms with Gasteiger partial charge in [-0.2, -0.15) is 0 Å². The lowest BCUT2D eigenvalue weighted by molar-refractivity contribution is 0.682. The van der Waals surface area contributed by atoms with Crippen LogP contribution in [0.5, 0.6) is 0 Å². The van der Waals surface area contributed by atoms with Crippen molar-refractivity contribution in [3.63, 3.8) is 0 Å². The number of nitrogens with one attached hydrogen (secondary N) is 2. The number of nitrogens with zero attached hydrogens (tertiary/aromatic N) is 2. The van der Waals surface area contributed by atoms with Gasteiger partial charge in [-0.25, -0.2) is 9.35 Å². The van der Waals surface area contributed by atoms with E-state index < -0.39 is 11.0 Å².